The topological polar surface area (TPSA) is 92.1 Å². The molecule has 1 fully saturated rings. The minimum Gasteiger partial charge on any atom is -0.326 e. The van der Waals surface area contributed by atoms with Gasteiger partial charge in [0.05, 0.1) is 0 Å². The molecule has 6 nitrogen and oxygen atoms in total. The second-order valence-electron chi connectivity index (χ2n) is 5.10. The SMILES string of the molecule is Cc1[nH]nc(S(=O)(=O)N(C)CC2CC2C)c1CN. The highest BCUT2D eigenvalue weighted by Gasteiger charge is 2.37. The molecule has 0 saturated heterocycles. The second kappa shape index (κ2) is 4.64. The summed E-state index contributed by atoms with van der Waals surface area (Å²) in [6, 6.07) is 0. The maximum absolute atomic E-state index is 12.4. The number of hydrogen-bond acceptors (Lipinski definition) is 4. The van der Waals surface area contributed by atoms with Gasteiger partial charge in [-0.3, -0.25) is 5.10 Å². The zero-order chi connectivity index (χ0) is 13.5. The normalized spacial score (nSPS) is 23.6. The molecule has 1 aromatic rings. The van der Waals surface area contributed by atoms with Crippen molar-refractivity contribution in [1.82, 2.24) is 14.5 Å². The van der Waals surface area contributed by atoms with Crippen molar-refractivity contribution in [2.75, 3.05) is 13.6 Å². The van der Waals surface area contributed by atoms with Crippen LogP contribution in [0.25, 0.3) is 0 Å². The van der Waals surface area contributed by atoms with Crippen LogP contribution in [0.3, 0.4) is 0 Å². The maximum Gasteiger partial charge on any atom is 0.262 e. The van der Waals surface area contributed by atoms with E-state index in [2.05, 4.69) is 17.1 Å². The number of nitrogens with zero attached hydrogens (tertiary/aromatic N) is 2. The van der Waals surface area contributed by atoms with Crippen molar-refractivity contribution in [3.63, 3.8) is 0 Å². The van der Waals surface area contributed by atoms with Crippen LogP contribution in [0.1, 0.15) is 24.6 Å². The Hall–Kier alpha value is -0.920. The fourth-order valence-corrected chi connectivity index (χ4v) is 3.50. The lowest BCUT2D eigenvalue weighted by molar-refractivity contribution is 0.441. The average molecular weight is 272 g/mol. The first-order chi connectivity index (χ1) is 8.37. The number of aromatic amines is 1. The van der Waals surface area contributed by atoms with Gasteiger partial charge in [-0.15, -0.1) is 0 Å². The van der Waals surface area contributed by atoms with Crippen LogP contribution in [0.2, 0.25) is 0 Å². The van der Waals surface area contributed by atoms with Gasteiger partial charge in [0.2, 0.25) is 0 Å². The molecular formula is C11H20N4O2S. The third-order valence-corrected chi connectivity index (χ3v) is 5.46. The summed E-state index contributed by atoms with van der Waals surface area (Å²) in [7, 11) is -1.93. The van der Waals surface area contributed by atoms with Crippen LogP contribution in [-0.2, 0) is 16.6 Å². The Morgan fingerprint density at radius 3 is 2.67 bits per heavy atom. The van der Waals surface area contributed by atoms with Crippen molar-refractivity contribution in [3.05, 3.63) is 11.3 Å². The van der Waals surface area contributed by atoms with E-state index in [-0.39, 0.29) is 11.6 Å². The second-order valence-corrected chi connectivity index (χ2v) is 7.06. The van der Waals surface area contributed by atoms with Crippen LogP contribution in [0.4, 0.5) is 0 Å². The van der Waals surface area contributed by atoms with Gasteiger partial charge in [-0.2, -0.15) is 9.40 Å². The Balaban J connectivity index is 2.24. The summed E-state index contributed by atoms with van der Waals surface area (Å²) in [6.45, 7) is 4.64. The number of aryl methyl sites for hydroxylation is 1. The van der Waals surface area contributed by atoms with Crippen LogP contribution >= 0.6 is 0 Å². The summed E-state index contributed by atoms with van der Waals surface area (Å²) >= 11 is 0. The van der Waals surface area contributed by atoms with Crippen LogP contribution < -0.4 is 5.73 Å². The van der Waals surface area contributed by atoms with Crippen LogP contribution in [0.5, 0.6) is 0 Å². The monoisotopic (exact) mass is 272 g/mol. The van der Waals surface area contributed by atoms with Gasteiger partial charge in [-0.05, 0) is 25.2 Å². The van der Waals surface area contributed by atoms with Gasteiger partial charge >= 0.3 is 0 Å². The average Bonchev–Trinajstić information content (AvgIpc) is 2.85. The number of nitrogens with one attached hydrogen (secondary N) is 1. The Labute approximate surface area is 108 Å². The Bertz CT molecular complexity index is 537. The van der Waals surface area contributed by atoms with Crippen molar-refractivity contribution in [2.24, 2.45) is 17.6 Å². The lowest BCUT2D eigenvalue weighted by Gasteiger charge is -2.16. The van der Waals surface area contributed by atoms with Crippen LogP contribution in [-0.4, -0.2) is 36.5 Å². The fraction of sp³-hybridized carbons (Fsp3) is 0.727. The number of sulfonamides is 1. The first kappa shape index (κ1) is 13.5. The van der Waals surface area contributed by atoms with Crippen molar-refractivity contribution >= 4 is 10.0 Å². The van der Waals surface area contributed by atoms with Gasteiger partial charge in [-0.25, -0.2) is 8.42 Å². The largest absolute Gasteiger partial charge is 0.326 e. The molecule has 2 unspecified atom stereocenters. The molecule has 1 heterocycles. The first-order valence-electron chi connectivity index (χ1n) is 6.08. The van der Waals surface area contributed by atoms with Gasteiger partial charge in [-0.1, -0.05) is 6.92 Å². The van der Waals surface area contributed by atoms with E-state index in [1.807, 2.05) is 0 Å². The highest BCUT2D eigenvalue weighted by atomic mass is 32.2. The van der Waals surface area contributed by atoms with Gasteiger partial charge in [0.25, 0.3) is 10.0 Å². The number of nitrogens with two attached hydrogens (primary N) is 1. The first-order valence-corrected chi connectivity index (χ1v) is 7.52. The molecule has 0 aromatic carbocycles. The van der Waals surface area contributed by atoms with E-state index in [1.54, 1.807) is 14.0 Å². The van der Waals surface area contributed by atoms with Crippen LogP contribution in [0, 0.1) is 18.8 Å². The molecule has 1 saturated carbocycles. The minimum atomic E-state index is -3.53. The van der Waals surface area contributed by atoms with Gasteiger partial charge in [0.1, 0.15) is 0 Å². The number of H-pyrrole nitrogens is 1. The third-order valence-electron chi connectivity index (χ3n) is 3.66. The van der Waals surface area contributed by atoms with Gasteiger partial charge < -0.3 is 5.73 Å². The predicted molar refractivity (Wildman–Crippen MR) is 68.3 cm³/mol. The Morgan fingerprint density at radius 1 is 1.56 bits per heavy atom. The predicted octanol–water partition coefficient (Wildman–Crippen LogP) is 0.453. The number of rotatable bonds is 5. The molecule has 0 amide bonds. The molecule has 1 aliphatic rings. The smallest absolute Gasteiger partial charge is 0.262 e. The number of aromatic nitrogens is 2. The van der Waals surface area contributed by atoms with Crippen molar-refractivity contribution < 1.29 is 8.42 Å². The van der Waals surface area contributed by atoms with Crippen LogP contribution in [0.15, 0.2) is 5.03 Å². The zero-order valence-corrected chi connectivity index (χ0v) is 11.8. The molecule has 3 N–H and O–H groups in total. The molecule has 0 spiro atoms. The number of hydrogen-bond donors (Lipinski definition) is 2. The van der Waals surface area contributed by atoms with E-state index in [9.17, 15) is 8.42 Å². The highest BCUT2D eigenvalue weighted by molar-refractivity contribution is 7.89. The van der Waals surface area contributed by atoms with E-state index in [1.165, 1.54) is 4.31 Å². The van der Waals surface area contributed by atoms with Crippen molar-refractivity contribution in [2.45, 2.75) is 31.8 Å². The molecular weight excluding hydrogens is 252 g/mol. The summed E-state index contributed by atoms with van der Waals surface area (Å²) in [5, 5.41) is 6.65. The molecule has 0 aliphatic heterocycles. The van der Waals surface area contributed by atoms with E-state index in [4.69, 9.17) is 5.73 Å². The lowest BCUT2D eigenvalue weighted by atomic mass is 10.3. The standard InChI is InChI=1S/C11H20N4O2S/c1-7-4-9(7)6-15(3)18(16,17)11-10(5-12)8(2)13-14-11/h7,9H,4-6,12H2,1-3H3,(H,13,14). The molecule has 0 bridgehead atoms. The summed E-state index contributed by atoms with van der Waals surface area (Å²) in [5.74, 6) is 1.10. The summed E-state index contributed by atoms with van der Waals surface area (Å²) in [6.07, 6.45) is 1.10. The molecule has 1 aliphatic carbocycles. The lowest BCUT2D eigenvalue weighted by Crippen LogP contribution is -2.30. The quantitative estimate of drug-likeness (QED) is 0.814. The van der Waals surface area contributed by atoms with Crippen molar-refractivity contribution in [1.29, 1.82) is 0 Å². The highest BCUT2D eigenvalue weighted by Crippen LogP contribution is 2.38. The molecule has 18 heavy (non-hydrogen) atoms. The summed E-state index contributed by atoms with van der Waals surface area (Å²) in [4.78, 5) is 0. The van der Waals surface area contributed by atoms with Crippen molar-refractivity contribution in [3.8, 4) is 0 Å². The minimum absolute atomic E-state index is 0.0679. The fourth-order valence-electron chi connectivity index (χ4n) is 2.11. The van der Waals surface area contributed by atoms with E-state index >= 15 is 0 Å². The third kappa shape index (κ3) is 2.30. The molecule has 2 atom stereocenters. The van der Waals surface area contributed by atoms with E-state index in [0.29, 0.717) is 29.6 Å². The molecule has 7 heteroatoms. The summed E-state index contributed by atoms with van der Waals surface area (Å²) in [5.41, 5.74) is 6.87. The Morgan fingerprint density at radius 2 is 2.17 bits per heavy atom. The van der Waals surface area contributed by atoms with E-state index < -0.39 is 10.0 Å². The summed E-state index contributed by atoms with van der Waals surface area (Å²) < 4.78 is 26.2. The molecule has 1 aromatic heterocycles. The van der Waals surface area contributed by atoms with E-state index in [0.717, 1.165) is 6.42 Å². The molecule has 0 radical (unpaired) electrons. The Kier molecular flexibility index (Phi) is 3.48. The van der Waals surface area contributed by atoms with Gasteiger partial charge in [0.15, 0.2) is 5.03 Å². The molecule has 2 rings (SSSR count). The zero-order valence-electron chi connectivity index (χ0n) is 11.0. The molecule has 102 valence electrons. The maximum atomic E-state index is 12.4. The van der Waals surface area contributed by atoms with Gasteiger partial charge in [0, 0.05) is 31.4 Å².